The summed E-state index contributed by atoms with van der Waals surface area (Å²) < 4.78 is 0.519. The molecule has 0 radical (unpaired) electrons. The summed E-state index contributed by atoms with van der Waals surface area (Å²) >= 11 is 1.36. The Balaban J connectivity index is 2.07. The van der Waals surface area contributed by atoms with Crippen LogP contribution in [0.15, 0.2) is 6.20 Å². The molecule has 0 unspecified atom stereocenters. The molecule has 0 saturated carbocycles. The van der Waals surface area contributed by atoms with Crippen LogP contribution < -0.4 is 9.68 Å². The molecule has 76 valence electrons. The summed E-state index contributed by atoms with van der Waals surface area (Å²) in [6, 6.07) is 0. The molecule has 0 aromatic carbocycles. The van der Waals surface area contributed by atoms with Gasteiger partial charge in [0.2, 0.25) is 0 Å². The Hall–Kier alpha value is -0.585. The van der Waals surface area contributed by atoms with Gasteiger partial charge in [-0.15, -0.1) is 11.3 Å². The first-order valence-electron chi connectivity index (χ1n) is 4.84. The number of aromatic nitrogens is 1. The van der Waals surface area contributed by atoms with E-state index < -0.39 is 7.12 Å². The molecule has 1 aliphatic rings. The van der Waals surface area contributed by atoms with E-state index in [4.69, 9.17) is 10.0 Å². The number of rotatable bonds is 2. The quantitative estimate of drug-likeness (QED) is 0.667. The third-order valence-electron chi connectivity index (χ3n) is 2.39. The van der Waals surface area contributed by atoms with Gasteiger partial charge < -0.3 is 14.9 Å². The fraction of sp³-hybridized carbons (Fsp3) is 0.625. The molecule has 1 saturated heterocycles. The van der Waals surface area contributed by atoms with Crippen molar-refractivity contribution < 1.29 is 10.0 Å². The summed E-state index contributed by atoms with van der Waals surface area (Å²) in [4.78, 5) is 6.39. The lowest BCUT2D eigenvalue weighted by atomic mass is 9.91. The molecular formula is C8H13BN2O2S. The second kappa shape index (κ2) is 4.29. The Labute approximate surface area is 87.4 Å². The van der Waals surface area contributed by atoms with Gasteiger partial charge in [0, 0.05) is 19.3 Å². The highest BCUT2D eigenvalue weighted by atomic mass is 32.1. The minimum Gasteiger partial charge on any atom is -0.423 e. The van der Waals surface area contributed by atoms with Crippen molar-refractivity contribution in [2.45, 2.75) is 19.3 Å². The van der Waals surface area contributed by atoms with Gasteiger partial charge >= 0.3 is 7.12 Å². The minimum absolute atomic E-state index is 0.519. The predicted molar refractivity (Wildman–Crippen MR) is 58.0 cm³/mol. The summed E-state index contributed by atoms with van der Waals surface area (Å²) in [7, 11) is -1.38. The van der Waals surface area contributed by atoms with Gasteiger partial charge in [0.05, 0.1) is 4.78 Å². The van der Waals surface area contributed by atoms with Crippen molar-refractivity contribution in [1.82, 2.24) is 4.98 Å². The highest BCUT2D eigenvalue weighted by Crippen LogP contribution is 2.20. The molecule has 0 bridgehead atoms. The van der Waals surface area contributed by atoms with E-state index in [-0.39, 0.29) is 0 Å². The van der Waals surface area contributed by atoms with Crippen molar-refractivity contribution in [2.75, 3.05) is 18.0 Å². The molecule has 2 heterocycles. The van der Waals surface area contributed by atoms with Gasteiger partial charge in [-0.25, -0.2) is 4.98 Å². The number of hydrogen-bond donors (Lipinski definition) is 2. The lowest BCUT2D eigenvalue weighted by molar-refractivity contribution is 0.427. The Morgan fingerprint density at radius 2 is 2.00 bits per heavy atom. The fourth-order valence-corrected chi connectivity index (χ4v) is 2.47. The second-order valence-electron chi connectivity index (χ2n) is 3.47. The molecule has 4 nitrogen and oxygen atoms in total. The van der Waals surface area contributed by atoms with Gasteiger partial charge in [0.15, 0.2) is 5.13 Å². The topological polar surface area (TPSA) is 56.6 Å². The van der Waals surface area contributed by atoms with Crippen LogP contribution in [0.1, 0.15) is 19.3 Å². The van der Waals surface area contributed by atoms with Crippen molar-refractivity contribution in [3.8, 4) is 0 Å². The lowest BCUT2D eigenvalue weighted by Gasteiger charge is -2.25. The molecule has 6 heteroatoms. The van der Waals surface area contributed by atoms with Crippen LogP contribution in [0.3, 0.4) is 0 Å². The monoisotopic (exact) mass is 212 g/mol. The number of anilines is 1. The minimum atomic E-state index is -1.38. The van der Waals surface area contributed by atoms with Crippen LogP contribution >= 0.6 is 11.3 Å². The maximum absolute atomic E-state index is 8.94. The summed E-state index contributed by atoms with van der Waals surface area (Å²) in [5.74, 6) is 0. The maximum Gasteiger partial charge on any atom is 0.500 e. The molecule has 2 N–H and O–H groups in total. The fourth-order valence-electron chi connectivity index (χ4n) is 1.63. The molecular weight excluding hydrogens is 199 g/mol. The van der Waals surface area contributed by atoms with Crippen LogP contribution in [0.5, 0.6) is 0 Å². The van der Waals surface area contributed by atoms with Crippen molar-refractivity contribution >= 4 is 28.4 Å². The number of thiazole rings is 1. The van der Waals surface area contributed by atoms with Gasteiger partial charge in [-0.05, 0) is 19.3 Å². The summed E-state index contributed by atoms with van der Waals surface area (Å²) in [6.07, 6.45) is 5.24. The van der Waals surface area contributed by atoms with Gasteiger partial charge in [-0.2, -0.15) is 0 Å². The zero-order chi connectivity index (χ0) is 9.97. The second-order valence-corrected chi connectivity index (χ2v) is 4.51. The van der Waals surface area contributed by atoms with E-state index in [0.717, 1.165) is 18.2 Å². The van der Waals surface area contributed by atoms with Crippen LogP contribution in [-0.2, 0) is 0 Å². The van der Waals surface area contributed by atoms with Gasteiger partial charge in [-0.1, -0.05) is 0 Å². The van der Waals surface area contributed by atoms with Gasteiger partial charge in [-0.3, -0.25) is 0 Å². The summed E-state index contributed by atoms with van der Waals surface area (Å²) in [6.45, 7) is 2.07. The first-order valence-corrected chi connectivity index (χ1v) is 5.66. The largest absolute Gasteiger partial charge is 0.500 e. The third-order valence-corrected chi connectivity index (χ3v) is 3.49. The van der Waals surface area contributed by atoms with Crippen LogP contribution in [0.2, 0.25) is 0 Å². The van der Waals surface area contributed by atoms with E-state index in [1.807, 2.05) is 0 Å². The third kappa shape index (κ3) is 2.08. The van der Waals surface area contributed by atoms with Crippen LogP contribution in [0.4, 0.5) is 5.13 Å². The SMILES string of the molecule is OB(O)c1cnc(N2CCCCC2)s1. The molecule has 2 rings (SSSR count). The molecule has 0 spiro atoms. The van der Waals surface area contributed by atoms with Crippen molar-refractivity contribution in [1.29, 1.82) is 0 Å². The first-order chi connectivity index (χ1) is 6.77. The molecule has 0 aliphatic carbocycles. The molecule has 1 aromatic rings. The van der Waals surface area contributed by atoms with E-state index in [0.29, 0.717) is 4.78 Å². The first kappa shape index (κ1) is 9.95. The number of piperidine rings is 1. The molecule has 0 atom stereocenters. The Morgan fingerprint density at radius 3 is 2.57 bits per heavy atom. The van der Waals surface area contributed by atoms with Crippen molar-refractivity contribution in [2.24, 2.45) is 0 Å². The average Bonchev–Trinajstić information content (AvgIpc) is 2.68. The molecule has 1 fully saturated rings. The lowest BCUT2D eigenvalue weighted by Crippen LogP contribution is -2.29. The highest BCUT2D eigenvalue weighted by molar-refractivity contribution is 7.24. The molecule has 14 heavy (non-hydrogen) atoms. The summed E-state index contributed by atoms with van der Waals surface area (Å²) in [5.41, 5.74) is 0. The van der Waals surface area contributed by atoms with Crippen LogP contribution in [0.25, 0.3) is 0 Å². The molecule has 1 aromatic heterocycles. The normalized spacial score (nSPS) is 17.1. The van der Waals surface area contributed by atoms with E-state index in [9.17, 15) is 0 Å². The standard InChI is InChI=1S/C8H13BN2O2S/c12-9(13)7-6-10-8(14-7)11-4-2-1-3-5-11/h6,12-13H,1-5H2. The Morgan fingerprint density at radius 1 is 1.29 bits per heavy atom. The predicted octanol–water partition coefficient (Wildman–Crippen LogP) is -0.187. The van der Waals surface area contributed by atoms with Gasteiger partial charge in [0.25, 0.3) is 0 Å². The zero-order valence-electron chi connectivity index (χ0n) is 7.89. The zero-order valence-corrected chi connectivity index (χ0v) is 8.70. The van der Waals surface area contributed by atoms with Crippen LogP contribution in [0, 0.1) is 0 Å². The smallest absolute Gasteiger partial charge is 0.423 e. The van der Waals surface area contributed by atoms with E-state index in [1.54, 1.807) is 6.20 Å². The van der Waals surface area contributed by atoms with E-state index in [2.05, 4.69) is 9.88 Å². The molecule has 0 amide bonds. The van der Waals surface area contributed by atoms with Gasteiger partial charge in [0.1, 0.15) is 0 Å². The Bertz CT molecular complexity index is 299. The van der Waals surface area contributed by atoms with E-state index >= 15 is 0 Å². The van der Waals surface area contributed by atoms with E-state index in [1.165, 1.54) is 30.6 Å². The number of nitrogens with zero attached hydrogens (tertiary/aromatic N) is 2. The van der Waals surface area contributed by atoms with Crippen LogP contribution in [-0.4, -0.2) is 35.2 Å². The maximum atomic E-state index is 8.94. The highest BCUT2D eigenvalue weighted by Gasteiger charge is 2.19. The average molecular weight is 212 g/mol. The van der Waals surface area contributed by atoms with Crippen molar-refractivity contribution in [3.05, 3.63) is 6.20 Å². The molecule has 1 aliphatic heterocycles. The van der Waals surface area contributed by atoms with Crippen molar-refractivity contribution in [3.63, 3.8) is 0 Å². The number of hydrogen-bond acceptors (Lipinski definition) is 5. The Kier molecular flexibility index (Phi) is 3.05. The summed E-state index contributed by atoms with van der Waals surface area (Å²) in [5, 5.41) is 18.8.